The van der Waals surface area contributed by atoms with Crippen molar-refractivity contribution in [2.45, 2.75) is 0 Å². The molecule has 2 aromatic carbocycles. The van der Waals surface area contributed by atoms with Crippen molar-refractivity contribution in [1.29, 1.82) is 0 Å². The van der Waals surface area contributed by atoms with E-state index in [9.17, 15) is 4.79 Å². The molecular weight excluding hydrogens is 288 g/mol. The Morgan fingerprint density at radius 1 is 1.10 bits per heavy atom. The van der Waals surface area contributed by atoms with Crippen LogP contribution >= 0.6 is 11.6 Å². The number of ether oxygens (including phenoxy) is 1. The Kier molecular flexibility index (Phi) is 3.67. The number of rotatable bonds is 3. The first kappa shape index (κ1) is 13.7. The molecule has 0 aliphatic heterocycles. The summed E-state index contributed by atoms with van der Waals surface area (Å²) in [5, 5.41) is 1.39. The standard InChI is InChI=1S/C17H12ClO3/c1-2-20-11-7-8-13-14(10-17(19)21-16(13)9-11)12-5-3-4-6-15(12)18/h3-10H,1-2H2. The molecule has 1 heterocycles. The summed E-state index contributed by atoms with van der Waals surface area (Å²) in [6.45, 7) is 3.93. The molecule has 0 aliphatic carbocycles. The second-order valence-electron chi connectivity index (χ2n) is 4.47. The normalized spacial score (nSPS) is 10.8. The number of benzene rings is 2. The van der Waals surface area contributed by atoms with E-state index in [1.165, 1.54) is 6.07 Å². The molecule has 0 saturated heterocycles. The fourth-order valence-corrected chi connectivity index (χ4v) is 2.49. The summed E-state index contributed by atoms with van der Waals surface area (Å²) < 4.78 is 10.6. The monoisotopic (exact) mass is 299 g/mol. The van der Waals surface area contributed by atoms with E-state index in [-0.39, 0.29) is 0 Å². The molecule has 0 aliphatic rings. The van der Waals surface area contributed by atoms with Gasteiger partial charge in [0.25, 0.3) is 0 Å². The van der Waals surface area contributed by atoms with Gasteiger partial charge in [-0.15, -0.1) is 0 Å². The Labute approximate surface area is 126 Å². The zero-order chi connectivity index (χ0) is 14.8. The molecule has 1 aromatic heterocycles. The van der Waals surface area contributed by atoms with Crippen molar-refractivity contribution in [3.05, 3.63) is 70.9 Å². The Morgan fingerprint density at radius 3 is 2.67 bits per heavy atom. The van der Waals surface area contributed by atoms with Crippen LogP contribution in [0.15, 0.2) is 57.7 Å². The van der Waals surface area contributed by atoms with Crippen molar-refractivity contribution in [2.75, 3.05) is 6.61 Å². The molecule has 3 aromatic rings. The van der Waals surface area contributed by atoms with Crippen molar-refractivity contribution in [1.82, 2.24) is 0 Å². The fourth-order valence-electron chi connectivity index (χ4n) is 2.25. The fraction of sp³-hybridized carbons (Fsp3) is 0.0588. The largest absolute Gasteiger partial charge is 0.493 e. The lowest BCUT2D eigenvalue weighted by Gasteiger charge is -2.09. The van der Waals surface area contributed by atoms with Gasteiger partial charge in [0.1, 0.15) is 11.3 Å². The van der Waals surface area contributed by atoms with Gasteiger partial charge in [-0.2, -0.15) is 0 Å². The second-order valence-corrected chi connectivity index (χ2v) is 4.87. The van der Waals surface area contributed by atoms with Crippen LogP contribution in [0.2, 0.25) is 5.02 Å². The number of halogens is 1. The molecular formula is C17H12ClO3. The molecule has 21 heavy (non-hydrogen) atoms. The van der Waals surface area contributed by atoms with E-state index < -0.39 is 5.63 Å². The summed E-state index contributed by atoms with van der Waals surface area (Å²) in [5.41, 5.74) is 1.57. The molecule has 0 N–H and O–H groups in total. The quantitative estimate of drug-likeness (QED) is 0.676. The average molecular weight is 300 g/mol. The van der Waals surface area contributed by atoms with Gasteiger partial charge >= 0.3 is 5.63 Å². The van der Waals surface area contributed by atoms with E-state index in [1.807, 2.05) is 30.3 Å². The van der Waals surface area contributed by atoms with Crippen LogP contribution in [0.1, 0.15) is 0 Å². The summed E-state index contributed by atoms with van der Waals surface area (Å²) in [4.78, 5) is 11.8. The van der Waals surface area contributed by atoms with Crippen LogP contribution in [-0.2, 0) is 0 Å². The van der Waals surface area contributed by atoms with Crippen LogP contribution in [0.5, 0.6) is 5.75 Å². The van der Waals surface area contributed by atoms with E-state index in [0.717, 1.165) is 16.5 Å². The Bertz CT molecular complexity index is 852. The highest BCUT2D eigenvalue weighted by molar-refractivity contribution is 6.33. The maximum Gasteiger partial charge on any atom is 0.336 e. The van der Waals surface area contributed by atoms with E-state index in [4.69, 9.17) is 20.8 Å². The second kappa shape index (κ2) is 5.62. The molecule has 0 amide bonds. The van der Waals surface area contributed by atoms with Crippen LogP contribution < -0.4 is 10.4 Å². The van der Waals surface area contributed by atoms with Gasteiger partial charge in [-0.1, -0.05) is 29.8 Å². The third-order valence-electron chi connectivity index (χ3n) is 3.15. The first-order valence-corrected chi connectivity index (χ1v) is 6.81. The molecule has 3 rings (SSSR count). The number of fused-ring (bicyclic) bond motifs is 1. The predicted octanol–water partition coefficient (Wildman–Crippen LogP) is 4.33. The van der Waals surface area contributed by atoms with Crippen molar-refractivity contribution in [2.24, 2.45) is 0 Å². The summed E-state index contributed by atoms with van der Waals surface area (Å²) >= 11 is 6.23. The van der Waals surface area contributed by atoms with Crippen LogP contribution in [0, 0.1) is 6.92 Å². The first-order chi connectivity index (χ1) is 10.2. The van der Waals surface area contributed by atoms with Gasteiger partial charge in [0, 0.05) is 33.7 Å². The topological polar surface area (TPSA) is 39.4 Å². The molecule has 0 spiro atoms. The van der Waals surface area contributed by atoms with E-state index in [0.29, 0.717) is 23.0 Å². The predicted molar refractivity (Wildman–Crippen MR) is 83.8 cm³/mol. The highest BCUT2D eigenvalue weighted by Crippen LogP contribution is 2.33. The minimum absolute atomic E-state index is 0.305. The average Bonchev–Trinajstić information content (AvgIpc) is 2.47. The van der Waals surface area contributed by atoms with Crippen LogP contribution in [0.4, 0.5) is 0 Å². The zero-order valence-corrected chi connectivity index (χ0v) is 11.9. The molecule has 1 radical (unpaired) electrons. The molecule has 0 atom stereocenters. The summed E-state index contributed by atoms with van der Waals surface area (Å²) in [6.07, 6.45) is 0. The number of hydrogen-bond donors (Lipinski definition) is 0. The van der Waals surface area contributed by atoms with Crippen molar-refractivity contribution in [3.63, 3.8) is 0 Å². The Hall–Kier alpha value is -2.26. The van der Waals surface area contributed by atoms with Crippen molar-refractivity contribution in [3.8, 4) is 16.9 Å². The SMILES string of the molecule is [CH2]COc1ccc2c(-c3ccccc3Cl)cc(=O)oc2c1. The molecule has 0 unspecified atom stereocenters. The summed E-state index contributed by atoms with van der Waals surface area (Å²) in [6, 6.07) is 14.2. The Balaban J connectivity index is 2.28. The lowest BCUT2D eigenvalue weighted by atomic mass is 10.0. The van der Waals surface area contributed by atoms with Gasteiger partial charge in [-0.3, -0.25) is 0 Å². The molecule has 0 saturated carbocycles. The van der Waals surface area contributed by atoms with Crippen LogP contribution in [0.25, 0.3) is 22.1 Å². The third kappa shape index (κ3) is 2.65. The van der Waals surface area contributed by atoms with Crippen LogP contribution in [0.3, 0.4) is 0 Å². The Morgan fingerprint density at radius 2 is 1.90 bits per heavy atom. The molecule has 105 valence electrons. The first-order valence-electron chi connectivity index (χ1n) is 6.44. The van der Waals surface area contributed by atoms with Gasteiger partial charge in [0.15, 0.2) is 0 Å². The van der Waals surface area contributed by atoms with E-state index in [1.54, 1.807) is 12.1 Å². The molecule has 3 nitrogen and oxygen atoms in total. The lowest BCUT2D eigenvalue weighted by Crippen LogP contribution is -1.99. The lowest BCUT2D eigenvalue weighted by molar-refractivity contribution is 0.361. The maximum absolute atomic E-state index is 11.8. The summed E-state index contributed by atoms with van der Waals surface area (Å²) in [5.74, 6) is 0.608. The van der Waals surface area contributed by atoms with Crippen molar-refractivity contribution >= 4 is 22.6 Å². The molecule has 0 fully saturated rings. The third-order valence-corrected chi connectivity index (χ3v) is 3.48. The van der Waals surface area contributed by atoms with Crippen LogP contribution in [-0.4, -0.2) is 6.61 Å². The smallest absolute Gasteiger partial charge is 0.336 e. The van der Waals surface area contributed by atoms with Gasteiger partial charge in [-0.05, 0) is 25.1 Å². The summed E-state index contributed by atoms with van der Waals surface area (Å²) in [7, 11) is 0. The minimum atomic E-state index is -0.427. The van der Waals surface area contributed by atoms with E-state index >= 15 is 0 Å². The zero-order valence-electron chi connectivity index (χ0n) is 11.1. The minimum Gasteiger partial charge on any atom is -0.493 e. The number of hydrogen-bond acceptors (Lipinski definition) is 3. The van der Waals surface area contributed by atoms with Gasteiger partial charge < -0.3 is 9.15 Å². The molecule has 4 heteroatoms. The maximum atomic E-state index is 11.8. The highest BCUT2D eigenvalue weighted by atomic mass is 35.5. The van der Waals surface area contributed by atoms with Gasteiger partial charge in [0.05, 0.1) is 6.61 Å². The van der Waals surface area contributed by atoms with E-state index in [2.05, 4.69) is 6.92 Å². The van der Waals surface area contributed by atoms with Gasteiger partial charge in [0.2, 0.25) is 0 Å². The van der Waals surface area contributed by atoms with Gasteiger partial charge in [-0.25, -0.2) is 4.79 Å². The van der Waals surface area contributed by atoms with Crippen molar-refractivity contribution < 1.29 is 9.15 Å². The molecule has 0 bridgehead atoms. The highest BCUT2D eigenvalue weighted by Gasteiger charge is 2.11.